The van der Waals surface area contributed by atoms with Crippen molar-refractivity contribution in [3.8, 4) is 0 Å². The summed E-state index contributed by atoms with van der Waals surface area (Å²) < 4.78 is 5.75. The van der Waals surface area contributed by atoms with Gasteiger partial charge in [-0.2, -0.15) is 0 Å². The maximum Gasteiger partial charge on any atom is 0.328 e. The minimum absolute atomic E-state index is 0.0425. The molecule has 0 saturated carbocycles. The molecule has 1 unspecified atom stereocenters. The Morgan fingerprint density at radius 1 is 0.786 bits per heavy atom. The summed E-state index contributed by atoms with van der Waals surface area (Å²) in [7, 11) is 0. The summed E-state index contributed by atoms with van der Waals surface area (Å²) in [5.74, 6) is -3.40. The first-order chi connectivity index (χ1) is 27.0. The van der Waals surface area contributed by atoms with Gasteiger partial charge < -0.3 is 40.7 Å². The number of esters is 1. The summed E-state index contributed by atoms with van der Waals surface area (Å²) in [5.41, 5.74) is 1.79. The zero-order valence-corrected chi connectivity index (χ0v) is 32.1. The van der Waals surface area contributed by atoms with Gasteiger partial charge in [0.1, 0.15) is 42.9 Å². The van der Waals surface area contributed by atoms with E-state index in [1.807, 2.05) is 67.6 Å². The lowest BCUT2D eigenvalue weighted by atomic mass is 9.99. The van der Waals surface area contributed by atoms with Gasteiger partial charge in [0.05, 0.1) is 0 Å². The fourth-order valence-corrected chi connectivity index (χ4v) is 8.22. The van der Waals surface area contributed by atoms with Gasteiger partial charge in [0, 0.05) is 32.6 Å². The van der Waals surface area contributed by atoms with Crippen LogP contribution in [0.5, 0.6) is 0 Å². The largest absolute Gasteiger partial charge is 0.461 e. The molecule has 7 amide bonds. The average Bonchev–Trinajstić information content (AvgIpc) is 3.86. The molecule has 15 nitrogen and oxygen atoms in total. The first-order valence-electron chi connectivity index (χ1n) is 19.8. The molecule has 4 saturated heterocycles. The Labute approximate surface area is 327 Å². The fourth-order valence-electron chi connectivity index (χ4n) is 8.22. The number of ether oxygens (including phenoxy) is 1. The topological polar surface area (TPSA) is 187 Å². The normalized spacial score (nSPS) is 26.7. The number of carbonyl (C=O) groups excluding carboxylic acids is 7. The number of carbonyl (C=O) groups is 7. The lowest BCUT2D eigenvalue weighted by Crippen LogP contribution is -2.62. The number of benzene rings is 2. The predicted molar refractivity (Wildman–Crippen MR) is 204 cm³/mol. The molecule has 7 atom stereocenters. The SMILES string of the molecule is CC1C[C@H]2C(=O)OC[C@H](NC(=O)[C@H](Cc3ccccc3)NC(=O)NCCc3ccccc3)C(=O)N3CCC[C@H]3C(=O)N3CCCC[C@H]3C(=O)N[C@@H](C)C(=O)N2C1. The van der Waals surface area contributed by atoms with Gasteiger partial charge in [-0.15, -0.1) is 0 Å². The molecule has 0 bridgehead atoms. The molecule has 300 valence electrons. The highest BCUT2D eigenvalue weighted by atomic mass is 16.5. The van der Waals surface area contributed by atoms with Crippen LogP contribution in [0.2, 0.25) is 0 Å². The van der Waals surface area contributed by atoms with Crippen molar-refractivity contribution in [3.63, 3.8) is 0 Å². The molecule has 0 aliphatic carbocycles. The van der Waals surface area contributed by atoms with Crippen LogP contribution in [0, 0.1) is 5.92 Å². The zero-order valence-electron chi connectivity index (χ0n) is 32.1. The summed E-state index contributed by atoms with van der Waals surface area (Å²) in [6.07, 6.45) is 3.65. The number of hydrogen-bond acceptors (Lipinski definition) is 8. The van der Waals surface area contributed by atoms with Crippen LogP contribution in [0.1, 0.15) is 63.5 Å². The van der Waals surface area contributed by atoms with Crippen LogP contribution in [-0.4, -0.2) is 125 Å². The molecular weight excluding hydrogens is 718 g/mol. The van der Waals surface area contributed by atoms with Crippen molar-refractivity contribution in [3.05, 3.63) is 71.8 Å². The van der Waals surface area contributed by atoms with E-state index < -0.39 is 78.5 Å². The number of hydrogen-bond donors (Lipinski definition) is 4. The maximum atomic E-state index is 14.5. The lowest BCUT2D eigenvalue weighted by molar-refractivity contribution is -0.158. The summed E-state index contributed by atoms with van der Waals surface area (Å²) in [4.78, 5) is 101. The Bertz CT molecular complexity index is 1760. The highest BCUT2D eigenvalue weighted by molar-refractivity contribution is 5.97. The van der Waals surface area contributed by atoms with E-state index in [9.17, 15) is 33.6 Å². The Hall–Kier alpha value is -5.47. The molecule has 4 fully saturated rings. The summed E-state index contributed by atoms with van der Waals surface area (Å²) >= 11 is 0. The van der Waals surface area contributed by atoms with Gasteiger partial charge >= 0.3 is 12.0 Å². The van der Waals surface area contributed by atoms with Crippen LogP contribution in [0.4, 0.5) is 4.79 Å². The number of urea groups is 1. The Balaban J connectivity index is 1.26. The van der Waals surface area contributed by atoms with Crippen LogP contribution >= 0.6 is 0 Å². The van der Waals surface area contributed by atoms with Gasteiger partial charge in [0.25, 0.3) is 0 Å². The molecule has 6 rings (SSSR count). The molecule has 2 aromatic rings. The molecule has 56 heavy (non-hydrogen) atoms. The van der Waals surface area contributed by atoms with Crippen LogP contribution < -0.4 is 21.3 Å². The quantitative estimate of drug-likeness (QED) is 0.289. The molecule has 4 N–H and O–H groups in total. The van der Waals surface area contributed by atoms with E-state index in [-0.39, 0.29) is 31.3 Å². The second-order valence-electron chi connectivity index (χ2n) is 15.4. The Morgan fingerprint density at radius 3 is 2.18 bits per heavy atom. The fraction of sp³-hybridized carbons (Fsp3) is 0.537. The molecule has 4 heterocycles. The summed E-state index contributed by atoms with van der Waals surface area (Å²) in [5, 5.41) is 11.1. The highest BCUT2D eigenvalue weighted by Crippen LogP contribution is 2.28. The van der Waals surface area contributed by atoms with Gasteiger partial charge in [-0.05, 0) is 68.9 Å². The second kappa shape index (κ2) is 18.4. The number of piperidine rings is 1. The molecule has 0 radical (unpaired) electrons. The van der Waals surface area contributed by atoms with Gasteiger partial charge in [-0.25, -0.2) is 9.59 Å². The third-order valence-corrected chi connectivity index (χ3v) is 11.2. The van der Waals surface area contributed by atoms with E-state index >= 15 is 0 Å². The maximum absolute atomic E-state index is 14.5. The number of nitrogens with one attached hydrogen (secondary N) is 4. The number of rotatable bonds is 8. The standard InChI is InChI=1S/C41H53N7O8/c1-26-22-34-40(54)56-25-31(44-35(49)30(23-29-14-7-4-8-15-29)45-41(55)42-19-18-28-12-5-3-6-13-28)38(52)47-21-11-17-33(47)39(53)46-20-10-9-16-32(46)36(50)43-27(2)37(51)48(34)24-26/h3-8,12-15,26-27,30-34H,9-11,16-25H2,1-2H3,(H,43,50)(H,44,49)(H2,42,45,55)/t26?,27-,30-,31-,32-,33-,34-/m0/s1. The Kier molecular flexibility index (Phi) is 13.2. The molecule has 15 heteroatoms. The number of fused-ring (bicyclic) bond motifs is 3. The van der Waals surface area contributed by atoms with Crippen LogP contribution in [-0.2, 0) is 46.3 Å². The van der Waals surface area contributed by atoms with E-state index in [4.69, 9.17) is 4.74 Å². The molecule has 2 aromatic carbocycles. The Morgan fingerprint density at radius 2 is 1.45 bits per heavy atom. The molecule has 0 aromatic heterocycles. The number of nitrogens with zero attached hydrogens (tertiary/aromatic N) is 3. The van der Waals surface area contributed by atoms with Gasteiger partial charge in [0.2, 0.25) is 29.5 Å². The van der Waals surface area contributed by atoms with E-state index in [1.54, 1.807) is 6.92 Å². The molecular formula is C41H53N7O8. The minimum atomic E-state index is -1.42. The van der Waals surface area contributed by atoms with Crippen molar-refractivity contribution < 1.29 is 38.3 Å². The van der Waals surface area contributed by atoms with E-state index in [0.29, 0.717) is 58.0 Å². The zero-order chi connectivity index (χ0) is 39.8. The van der Waals surface area contributed by atoms with E-state index in [0.717, 1.165) is 11.1 Å². The summed E-state index contributed by atoms with van der Waals surface area (Å²) in [6.45, 7) is 4.03. The molecule has 4 aliphatic rings. The van der Waals surface area contributed by atoms with E-state index in [1.165, 1.54) is 14.7 Å². The van der Waals surface area contributed by atoms with Gasteiger partial charge in [-0.1, -0.05) is 67.6 Å². The monoisotopic (exact) mass is 771 g/mol. The van der Waals surface area contributed by atoms with E-state index in [2.05, 4.69) is 21.3 Å². The molecule has 4 aliphatic heterocycles. The van der Waals surface area contributed by atoms with Crippen molar-refractivity contribution in [1.82, 2.24) is 36.0 Å². The number of cyclic esters (lactones) is 1. The third kappa shape index (κ3) is 9.66. The van der Waals surface area contributed by atoms with Crippen molar-refractivity contribution in [1.29, 1.82) is 0 Å². The first-order valence-corrected chi connectivity index (χ1v) is 19.8. The smallest absolute Gasteiger partial charge is 0.328 e. The number of amides is 7. The van der Waals surface area contributed by atoms with Gasteiger partial charge in [-0.3, -0.25) is 24.0 Å². The van der Waals surface area contributed by atoms with Crippen molar-refractivity contribution in [2.75, 3.05) is 32.8 Å². The predicted octanol–water partition coefficient (Wildman–Crippen LogP) is 1.30. The molecule has 0 spiro atoms. The average molecular weight is 772 g/mol. The van der Waals surface area contributed by atoms with Crippen LogP contribution in [0.3, 0.4) is 0 Å². The minimum Gasteiger partial charge on any atom is -0.461 e. The second-order valence-corrected chi connectivity index (χ2v) is 15.4. The van der Waals surface area contributed by atoms with Crippen molar-refractivity contribution in [2.45, 2.75) is 101 Å². The van der Waals surface area contributed by atoms with Crippen LogP contribution in [0.25, 0.3) is 0 Å². The first kappa shape index (κ1) is 40.2. The van der Waals surface area contributed by atoms with Crippen molar-refractivity contribution >= 4 is 41.5 Å². The highest BCUT2D eigenvalue weighted by Gasteiger charge is 2.46. The lowest BCUT2D eigenvalue weighted by Gasteiger charge is -2.39. The van der Waals surface area contributed by atoms with Crippen molar-refractivity contribution in [2.24, 2.45) is 5.92 Å². The van der Waals surface area contributed by atoms with Gasteiger partial charge in [0.15, 0.2) is 0 Å². The third-order valence-electron chi connectivity index (χ3n) is 11.2. The van der Waals surface area contributed by atoms with Crippen LogP contribution in [0.15, 0.2) is 60.7 Å². The summed E-state index contributed by atoms with van der Waals surface area (Å²) in [6, 6.07) is 12.0.